The zero-order chi connectivity index (χ0) is 12.4. The lowest BCUT2D eigenvalue weighted by Gasteiger charge is -1.94. The highest BCUT2D eigenvalue weighted by molar-refractivity contribution is 7.12. The van der Waals surface area contributed by atoms with Gasteiger partial charge in [-0.15, -0.1) is 11.3 Å². The summed E-state index contributed by atoms with van der Waals surface area (Å²) < 4.78 is 1.82. The molecule has 0 amide bonds. The van der Waals surface area contributed by atoms with Crippen molar-refractivity contribution < 1.29 is 4.79 Å². The van der Waals surface area contributed by atoms with Gasteiger partial charge in [-0.2, -0.15) is 5.10 Å². The molecule has 0 aliphatic carbocycles. The Morgan fingerprint density at radius 1 is 1.47 bits per heavy atom. The Balaban J connectivity index is 2.24. The first kappa shape index (κ1) is 11.8. The molecule has 0 aromatic carbocycles. The van der Waals surface area contributed by atoms with Gasteiger partial charge >= 0.3 is 0 Å². The van der Waals surface area contributed by atoms with E-state index in [1.165, 1.54) is 11.3 Å². The van der Waals surface area contributed by atoms with Crippen molar-refractivity contribution in [2.45, 2.75) is 13.8 Å². The fraction of sp³-hybridized carbons (Fsp3) is 0.231. The quantitative estimate of drug-likeness (QED) is 0.616. The van der Waals surface area contributed by atoms with Crippen molar-refractivity contribution in [3.05, 3.63) is 45.4 Å². The third-order valence-corrected chi connectivity index (χ3v) is 3.61. The highest BCUT2D eigenvalue weighted by atomic mass is 32.1. The Morgan fingerprint density at radius 2 is 2.24 bits per heavy atom. The smallest absolute Gasteiger partial charge is 0.195 e. The lowest BCUT2D eigenvalue weighted by Crippen LogP contribution is -1.93. The van der Waals surface area contributed by atoms with Crippen molar-refractivity contribution in [3.63, 3.8) is 0 Å². The topological polar surface area (TPSA) is 34.9 Å². The van der Waals surface area contributed by atoms with Gasteiger partial charge in [-0.25, -0.2) is 0 Å². The SMILES string of the molecule is Cc1nn(C)c(C)c1/C=C/C(=O)c1cccs1. The van der Waals surface area contributed by atoms with E-state index in [0.29, 0.717) is 0 Å². The number of aryl methyl sites for hydroxylation is 2. The molecule has 2 rings (SSSR count). The predicted molar refractivity (Wildman–Crippen MR) is 70.4 cm³/mol. The number of hydrogen-bond acceptors (Lipinski definition) is 3. The second-order valence-corrected chi connectivity index (χ2v) is 4.83. The molecule has 3 nitrogen and oxygen atoms in total. The molecule has 2 aromatic rings. The van der Waals surface area contributed by atoms with Crippen LogP contribution >= 0.6 is 11.3 Å². The molecule has 0 spiro atoms. The number of rotatable bonds is 3. The van der Waals surface area contributed by atoms with Crippen molar-refractivity contribution >= 4 is 23.2 Å². The van der Waals surface area contributed by atoms with E-state index < -0.39 is 0 Å². The van der Waals surface area contributed by atoms with Crippen molar-refractivity contribution in [1.82, 2.24) is 9.78 Å². The van der Waals surface area contributed by atoms with Crippen molar-refractivity contribution in [2.75, 3.05) is 0 Å². The lowest BCUT2D eigenvalue weighted by molar-refractivity contribution is 0.105. The number of allylic oxidation sites excluding steroid dienone is 1. The van der Waals surface area contributed by atoms with Gasteiger partial charge in [-0.3, -0.25) is 9.48 Å². The molecule has 0 bridgehead atoms. The molecule has 0 unspecified atom stereocenters. The second-order valence-electron chi connectivity index (χ2n) is 3.88. The summed E-state index contributed by atoms with van der Waals surface area (Å²) in [6.07, 6.45) is 3.46. The number of aromatic nitrogens is 2. The van der Waals surface area contributed by atoms with Crippen molar-refractivity contribution in [1.29, 1.82) is 0 Å². The average molecular weight is 246 g/mol. The van der Waals surface area contributed by atoms with Crippen LogP contribution in [0.4, 0.5) is 0 Å². The predicted octanol–water partition coefficient (Wildman–Crippen LogP) is 2.99. The molecular weight excluding hydrogens is 232 g/mol. The van der Waals surface area contributed by atoms with E-state index in [0.717, 1.165) is 21.8 Å². The monoisotopic (exact) mass is 246 g/mol. The Hall–Kier alpha value is -1.68. The van der Waals surface area contributed by atoms with Crippen LogP contribution in [0.1, 0.15) is 26.6 Å². The summed E-state index contributed by atoms with van der Waals surface area (Å²) in [5, 5.41) is 6.21. The van der Waals surface area contributed by atoms with E-state index >= 15 is 0 Å². The van der Waals surface area contributed by atoms with E-state index in [-0.39, 0.29) is 5.78 Å². The first-order valence-corrected chi connectivity index (χ1v) is 6.23. The summed E-state index contributed by atoms with van der Waals surface area (Å²) in [6, 6.07) is 3.71. The Bertz CT molecular complexity index is 565. The van der Waals surface area contributed by atoms with Gasteiger partial charge in [0.15, 0.2) is 5.78 Å². The van der Waals surface area contributed by atoms with Gasteiger partial charge in [-0.1, -0.05) is 6.07 Å². The van der Waals surface area contributed by atoms with Gasteiger partial charge in [0, 0.05) is 18.3 Å². The van der Waals surface area contributed by atoms with E-state index in [1.54, 1.807) is 6.08 Å². The average Bonchev–Trinajstić information content (AvgIpc) is 2.88. The van der Waals surface area contributed by atoms with Crippen molar-refractivity contribution in [3.8, 4) is 0 Å². The molecule has 0 saturated heterocycles. The molecule has 0 N–H and O–H groups in total. The highest BCUT2D eigenvalue weighted by Gasteiger charge is 2.07. The third kappa shape index (κ3) is 2.36. The normalized spacial score (nSPS) is 11.2. The number of carbonyl (C=O) groups excluding carboxylic acids is 1. The van der Waals surface area contributed by atoms with Crippen LogP contribution in [0.3, 0.4) is 0 Å². The first-order chi connectivity index (χ1) is 8.09. The Labute approximate surface area is 104 Å². The summed E-state index contributed by atoms with van der Waals surface area (Å²) in [5.74, 6) is 0.0441. The summed E-state index contributed by atoms with van der Waals surface area (Å²) in [7, 11) is 1.90. The highest BCUT2D eigenvalue weighted by Crippen LogP contribution is 2.15. The van der Waals surface area contributed by atoms with Gasteiger partial charge in [0.25, 0.3) is 0 Å². The molecule has 0 aliphatic heterocycles. The zero-order valence-corrected chi connectivity index (χ0v) is 10.9. The number of ketones is 1. The van der Waals surface area contributed by atoms with Gasteiger partial charge in [0.1, 0.15) is 0 Å². The summed E-state index contributed by atoms with van der Waals surface area (Å²) >= 11 is 1.46. The van der Waals surface area contributed by atoms with E-state index in [9.17, 15) is 4.79 Å². The number of thiophene rings is 1. The minimum Gasteiger partial charge on any atom is -0.288 e. The molecule has 0 aliphatic rings. The molecule has 88 valence electrons. The van der Waals surface area contributed by atoms with Crippen LogP contribution in [0.2, 0.25) is 0 Å². The van der Waals surface area contributed by atoms with E-state index in [4.69, 9.17) is 0 Å². The van der Waals surface area contributed by atoms with Gasteiger partial charge < -0.3 is 0 Å². The molecular formula is C13H14N2OS. The molecule has 0 atom stereocenters. The number of nitrogens with zero attached hydrogens (tertiary/aromatic N) is 2. The minimum atomic E-state index is 0.0441. The van der Waals surface area contributed by atoms with Gasteiger partial charge in [0.05, 0.1) is 10.6 Å². The summed E-state index contributed by atoms with van der Waals surface area (Å²) in [4.78, 5) is 12.6. The molecule has 0 fully saturated rings. The summed E-state index contributed by atoms with van der Waals surface area (Å²) in [5.41, 5.74) is 3.04. The number of carbonyl (C=O) groups is 1. The lowest BCUT2D eigenvalue weighted by atomic mass is 10.1. The van der Waals surface area contributed by atoms with E-state index in [1.807, 2.05) is 49.2 Å². The van der Waals surface area contributed by atoms with Crippen LogP contribution < -0.4 is 0 Å². The minimum absolute atomic E-state index is 0.0441. The maximum atomic E-state index is 11.8. The van der Waals surface area contributed by atoms with Gasteiger partial charge in [0.2, 0.25) is 0 Å². The molecule has 0 saturated carbocycles. The summed E-state index contributed by atoms with van der Waals surface area (Å²) in [6.45, 7) is 3.94. The molecule has 17 heavy (non-hydrogen) atoms. The van der Waals surface area contributed by atoms with Crippen LogP contribution in [-0.4, -0.2) is 15.6 Å². The van der Waals surface area contributed by atoms with Crippen molar-refractivity contribution in [2.24, 2.45) is 7.05 Å². The Kier molecular flexibility index (Phi) is 3.24. The van der Waals surface area contributed by atoms with Crippen LogP contribution in [-0.2, 0) is 7.05 Å². The fourth-order valence-corrected chi connectivity index (χ4v) is 2.34. The van der Waals surface area contributed by atoms with Crippen LogP contribution in [0.5, 0.6) is 0 Å². The first-order valence-electron chi connectivity index (χ1n) is 5.35. The largest absolute Gasteiger partial charge is 0.288 e. The molecule has 2 aromatic heterocycles. The van der Waals surface area contributed by atoms with Crippen LogP contribution in [0.15, 0.2) is 23.6 Å². The zero-order valence-electron chi connectivity index (χ0n) is 10.1. The Morgan fingerprint density at radius 3 is 2.76 bits per heavy atom. The maximum Gasteiger partial charge on any atom is 0.195 e. The second kappa shape index (κ2) is 4.67. The molecule has 0 radical (unpaired) electrons. The van der Waals surface area contributed by atoms with Crippen LogP contribution in [0.25, 0.3) is 6.08 Å². The van der Waals surface area contributed by atoms with Crippen LogP contribution in [0, 0.1) is 13.8 Å². The van der Waals surface area contributed by atoms with E-state index in [2.05, 4.69) is 5.10 Å². The standard InChI is InChI=1S/C13H14N2OS/c1-9-11(10(2)15(3)14-9)6-7-12(16)13-5-4-8-17-13/h4-8H,1-3H3/b7-6+. The number of hydrogen-bond donors (Lipinski definition) is 0. The van der Waals surface area contributed by atoms with Gasteiger partial charge in [-0.05, 0) is 37.4 Å². The maximum absolute atomic E-state index is 11.8. The fourth-order valence-electron chi connectivity index (χ4n) is 1.69. The molecule has 2 heterocycles. The third-order valence-electron chi connectivity index (χ3n) is 2.73. The molecule has 4 heteroatoms.